The van der Waals surface area contributed by atoms with Crippen molar-refractivity contribution in [1.29, 1.82) is 0 Å². The van der Waals surface area contributed by atoms with Crippen LogP contribution in [0.1, 0.15) is 6.23 Å². The van der Waals surface area contributed by atoms with Crippen molar-refractivity contribution in [3.05, 3.63) is 6.33 Å². The lowest BCUT2D eigenvalue weighted by atomic mass is 10.1. The second-order valence-corrected chi connectivity index (χ2v) is 7.56. The maximum Gasteiger partial charge on any atom is 0.327 e. The summed E-state index contributed by atoms with van der Waals surface area (Å²) in [6.45, 7) is -0.644. The molecule has 8 N–H and O–H groups in total. The molecule has 3 heterocycles. The standard InChI is InChI=1S/C12H19N6O7P/c13-9-6-10(16-4-15-9)18(11-8(21)7(20)5(3-19)25-11)12(17-6)14-1-2-26(22,23)24/h4-5,7-8,11,19-21H,1-3H2,(H,14,17)(H2,13,15,16)(H2,22,23,24)/t5-,7-,8-,11-/m1/s1. The van der Waals surface area contributed by atoms with Crippen LogP contribution in [0.25, 0.3) is 11.2 Å². The second-order valence-electron chi connectivity index (χ2n) is 5.78. The van der Waals surface area contributed by atoms with Crippen LogP contribution in [-0.4, -0.2) is 82.3 Å². The molecule has 1 fully saturated rings. The van der Waals surface area contributed by atoms with E-state index in [1.165, 1.54) is 10.9 Å². The number of aromatic nitrogens is 4. The Morgan fingerprint density at radius 1 is 1.31 bits per heavy atom. The van der Waals surface area contributed by atoms with Gasteiger partial charge in [0.15, 0.2) is 23.2 Å². The lowest BCUT2D eigenvalue weighted by molar-refractivity contribution is -0.0501. The zero-order valence-corrected chi connectivity index (χ0v) is 14.3. The molecule has 26 heavy (non-hydrogen) atoms. The normalized spacial score (nSPS) is 26.5. The highest BCUT2D eigenvalue weighted by atomic mass is 31.2. The Bertz CT molecular complexity index is 841. The molecule has 0 amide bonds. The third kappa shape index (κ3) is 3.50. The van der Waals surface area contributed by atoms with Crippen molar-refractivity contribution in [2.75, 3.05) is 30.4 Å². The van der Waals surface area contributed by atoms with Gasteiger partial charge in [-0.15, -0.1) is 0 Å². The summed E-state index contributed by atoms with van der Waals surface area (Å²) in [6, 6.07) is 0. The lowest BCUT2D eigenvalue weighted by Crippen LogP contribution is -2.33. The van der Waals surface area contributed by atoms with Crippen LogP contribution in [0.2, 0.25) is 0 Å². The topological polar surface area (TPSA) is 209 Å². The zero-order valence-electron chi connectivity index (χ0n) is 13.4. The Morgan fingerprint density at radius 3 is 2.65 bits per heavy atom. The quantitative estimate of drug-likeness (QED) is 0.258. The van der Waals surface area contributed by atoms with Gasteiger partial charge in [-0.3, -0.25) is 9.13 Å². The maximum absolute atomic E-state index is 11.0. The van der Waals surface area contributed by atoms with Crippen molar-refractivity contribution in [3.63, 3.8) is 0 Å². The van der Waals surface area contributed by atoms with E-state index < -0.39 is 44.9 Å². The molecule has 0 radical (unpaired) electrons. The molecule has 0 bridgehead atoms. The number of nitrogen functional groups attached to an aromatic ring is 1. The van der Waals surface area contributed by atoms with Crippen molar-refractivity contribution in [2.24, 2.45) is 0 Å². The highest BCUT2D eigenvalue weighted by Gasteiger charge is 2.45. The highest BCUT2D eigenvalue weighted by molar-refractivity contribution is 7.51. The summed E-state index contributed by atoms with van der Waals surface area (Å²) in [7, 11) is -4.23. The zero-order chi connectivity index (χ0) is 19.1. The molecule has 1 aliphatic rings. The molecule has 4 atom stereocenters. The van der Waals surface area contributed by atoms with Gasteiger partial charge in [0.25, 0.3) is 0 Å². The summed E-state index contributed by atoms with van der Waals surface area (Å²) >= 11 is 0. The molecule has 0 spiro atoms. The SMILES string of the molecule is Nc1ncnc2c1nc(NCCP(=O)(O)O)n2[C@@H]1O[C@H](CO)[C@@H](O)[C@H]1O. The Morgan fingerprint density at radius 2 is 2.04 bits per heavy atom. The van der Waals surface area contributed by atoms with E-state index in [2.05, 4.69) is 20.3 Å². The predicted octanol–water partition coefficient (Wildman–Crippen LogP) is -2.39. The van der Waals surface area contributed by atoms with Gasteiger partial charge in [0.05, 0.1) is 12.8 Å². The molecule has 0 aromatic carbocycles. The Labute approximate surface area is 146 Å². The molecule has 2 aromatic rings. The summed E-state index contributed by atoms with van der Waals surface area (Å²) in [5, 5.41) is 32.2. The Balaban J connectivity index is 2.00. The van der Waals surface area contributed by atoms with Crippen LogP contribution >= 0.6 is 7.60 Å². The lowest BCUT2D eigenvalue weighted by Gasteiger charge is -2.19. The second kappa shape index (κ2) is 7.04. The number of anilines is 2. The number of aliphatic hydroxyl groups excluding tert-OH is 3. The first kappa shape index (κ1) is 18.9. The van der Waals surface area contributed by atoms with Crippen LogP contribution in [0, 0.1) is 0 Å². The molecular weight excluding hydrogens is 371 g/mol. The number of hydrogen-bond donors (Lipinski definition) is 7. The van der Waals surface area contributed by atoms with Crippen molar-refractivity contribution in [1.82, 2.24) is 19.5 Å². The summed E-state index contributed by atoms with van der Waals surface area (Å²) in [5.74, 6) is 0.119. The maximum atomic E-state index is 11.0. The van der Waals surface area contributed by atoms with Crippen molar-refractivity contribution in [3.8, 4) is 0 Å². The fraction of sp³-hybridized carbons (Fsp3) is 0.583. The number of rotatable bonds is 6. The fourth-order valence-electron chi connectivity index (χ4n) is 2.70. The molecule has 3 rings (SSSR count). The average Bonchev–Trinajstić information content (AvgIpc) is 3.06. The number of fused-ring (bicyclic) bond motifs is 1. The number of nitrogens with two attached hydrogens (primary N) is 1. The van der Waals surface area contributed by atoms with Crippen molar-refractivity contribution in [2.45, 2.75) is 24.5 Å². The summed E-state index contributed by atoms with van der Waals surface area (Å²) in [4.78, 5) is 30.0. The molecule has 14 heteroatoms. The van der Waals surface area contributed by atoms with Crippen LogP contribution in [-0.2, 0) is 9.30 Å². The molecule has 0 unspecified atom stereocenters. The van der Waals surface area contributed by atoms with Gasteiger partial charge in [-0.25, -0.2) is 15.0 Å². The van der Waals surface area contributed by atoms with Crippen LogP contribution in [0.15, 0.2) is 6.33 Å². The van der Waals surface area contributed by atoms with Crippen LogP contribution in [0.4, 0.5) is 11.8 Å². The summed E-state index contributed by atoms with van der Waals surface area (Å²) < 4.78 is 17.8. The van der Waals surface area contributed by atoms with Gasteiger partial charge in [-0.2, -0.15) is 0 Å². The Kier molecular flexibility index (Phi) is 5.12. The molecule has 13 nitrogen and oxygen atoms in total. The van der Waals surface area contributed by atoms with Crippen LogP contribution < -0.4 is 11.1 Å². The van der Waals surface area contributed by atoms with E-state index >= 15 is 0 Å². The van der Waals surface area contributed by atoms with Crippen LogP contribution in [0.5, 0.6) is 0 Å². The first-order chi connectivity index (χ1) is 12.2. The third-order valence-corrected chi connectivity index (χ3v) is 4.77. The van der Waals surface area contributed by atoms with E-state index in [1.807, 2.05) is 0 Å². The minimum Gasteiger partial charge on any atom is -0.394 e. The fourth-order valence-corrected chi connectivity index (χ4v) is 3.10. The molecule has 0 saturated carbocycles. The minimum absolute atomic E-state index is 0.0542. The molecule has 2 aromatic heterocycles. The van der Waals surface area contributed by atoms with Crippen molar-refractivity contribution < 1.29 is 34.4 Å². The number of ether oxygens (including phenoxy) is 1. The summed E-state index contributed by atoms with van der Waals surface area (Å²) in [6.07, 6.45) is -4.19. The first-order valence-corrected chi connectivity index (χ1v) is 9.42. The monoisotopic (exact) mass is 390 g/mol. The first-order valence-electron chi connectivity index (χ1n) is 7.62. The van der Waals surface area contributed by atoms with Gasteiger partial charge in [0.1, 0.15) is 24.6 Å². The molecule has 1 aliphatic heterocycles. The average molecular weight is 390 g/mol. The predicted molar refractivity (Wildman–Crippen MR) is 88.1 cm³/mol. The van der Waals surface area contributed by atoms with Crippen LogP contribution in [0.3, 0.4) is 0 Å². The number of nitrogens with one attached hydrogen (secondary N) is 1. The number of imidazole rings is 1. The van der Waals surface area contributed by atoms with Gasteiger partial charge >= 0.3 is 7.60 Å². The van der Waals surface area contributed by atoms with Crippen molar-refractivity contribution >= 4 is 30.5 Å². The molecule has 1 saturated heterocycles. The summed E-state index contributed by atoms with van der Waals surface area (Å²) in [5.41, 5.74) is 6.15. The molecule has 144 valence electrons. The van der Waals surface area contributed by atoms with Gasteiger partial charge < -0.3 is 40.9 Å². The molecular formula is C12H19N6O7P. The van der Waals surface area contributed by atoms with Gasteiger partial charge in [0.2, 0.25) is 5.95 Å². The smallest absolute Gasteiger partial charge is 0.327 e. The van der Waals surface area contributed by atoms with Gasteiger partial charge in [-0.05, 0) is 0 Å². The van der Waals surface area contributed by atoms with Gasteiger partial charge in [0, 0.05) is 6.54 Å². The van der Waals surface area contributed by atoms with E-state index in [0.717, 1.165) is 0 Å². The number of hydrogen-bond acceptors (Lipinski definition) is 10. The van der Waals surface area contributed by atoms with E-state index in [0.29, 0.717) is 0 Å². The van der Waals surface area contributed by atoms with E-state index in [9.17, 15) is 19.9 Å². The van der Waals surface area contributed by atoms with E-state index in [4.69, 9.17) is 20.3 Å². The number of aliphatic hydroxyl groups is 3. The van der Waals surface area contributed by atoms with E-state index in [-0.39, 0.29) is 29.5 Å². The largest absolute Gasteiger partial charge is 0.394 e. The molecule has 0 aliphatic carbocycles. The minimum atomic E-state index is -4.23. The number of nitrogens with zero attached hydrogens (tertiary/aromatic N) is 4. The third-order valence-electron chi connectivity index (χ3n) is 3.96. The van der Waals surface area contributed by atoms with E-state index in [1.54, 1.807) is 0 Å². The Hall–Kier alpha value is -1.86. The van der Waals surface area contributed by atoms with Gasteiger partial charge in [-0.1, -0.05) is 0 Å². The highest BCUT2D eigenvalue weighted by Crippen LogP contribution is 2.36.